The Morgan fingerprint density at radius 2 is 2.13 bits per heavy atom. The second-order valence-corrected chi connectivity index (χ2v) is 5.40. The Morgan fingerprint density at radius 1 is 1.26 bits per heavy atom. The summed E-state index contributed by atoms with van der Waals surface area (Å²) in [6.07, 6.45) is 2.31. The molecule has 0 aliphatic carbocycles. The summed E-state index contributed by atoms with van der Waals surface area (Å²) in [6.45, 7) is 0.750. The number of aliphatic hydroxyl groups excluding tert-OH is 1. The van der Waals surface area contributed by atoms with Gasteiger partial charge in [-0.3, -0.25) is 0 Å². The van der Waals surface area contributed by atoms with Crippen molar-refractivity contribution < 1.29 is 14.3 Å². The highest BCUT2D eigenvalue weighted by atomic mass is 35.5. The van der Waals surface area contributed by atoms with E-state index >= 15 is 0 Å². The fraction of sp³-hybridized carbons (Fsp3) is 0.250. The first-order chi connectivity index (χ1) is 11.2. The van der Waals surface area contributed by atoms with Crippen LogP contribution in [0.15, 0.2) is 53.4 Å². The van der Waals surface area contributed by atoms with Crippen LogP contribution >= 0.6 is 11.6 Å². The van der Waals surface area contributed by atoms with Gasteiger partial charge in [-0.05, 0) is 24.3 Å². The van der Waals surface area contributed by atoms with E-state index in [9.17, 15) is 5.11 Å². The molecule has 120 valence electrons. The summed E-state index contributed by atoms with van der Waals surface area (Å²) in [7, 11) is 0. The van der Waals surface area contributed by atoms with E-state index in [1.165, 1.54) is 6.33 Å². The van der Waals surface area contributed by atoms with Crippen LogP contribution in [0.1, 0.15) is 5.76 Å². The topological polar surface area (TPSA) is 73.3 Å². The van der Waals surface area contributed by atoms with E-state index in [2.05, 4.69) is 10.1 Å². The Hall–Kier alpha value is -2.15. The molecule has 0 saturated carbocycles. The minimum atomic E-state index is -0.715. The van der Waals surface area contributed by atoms with Crippen LogP contribution in [0.3, 0.4) is 0 Å². The van der Waals surface area contributed by atoms with E-state index in [0.717, 1.165) is 11.3 Å². The number of hydrogen-bond acceptors (Lipinski definition) is 5. The molecule has 0 aliphatic rings. The van der Waals surface area contributed by atoms with Gasteiger partial charge >= 0.3 is 0 Å². The van der Waals surface area contributed by atoms with Gasteiger partial charge in [-0.1, -0.05) is 23.7 Å². The first kappa shape index (κ1) is 15.7. The normalized spacial score (nSPS) is 12.4. The predicted octanol–water partition coefficient (Wildman–Crippen LogP) is 2.77. The van der Waals surface area contributed by atoms with Gasteiger partial charge in [0.05, 0.1) is 30.5 Å². The van der Waals surface area contributed by atoms with Gasteiger partial charge in [0.2, 0.25) is 0 Å². The van der Waals surface area contributed by atoms with E-state index in [4.69, 9.17) is 20.8 Å². The van der Waals surface area contributed by atoms with Gasteiger partial charge in [0.15, 0.2) is 5.82 Å². The average Bonchev–Trinajstić information content (AvgIpc) is 3.20. The Bertz CT molecular complexity index is 743. The number of hydrogen-bond donors (Lipinski definition) is 1. The molecule has 0 radical (unpaired) electrons. The van der Waals surface area contributed by atoms with Gasteiger partial charge in [0.25, 0.3) is 0 Å². The molecule has 0 spiro atoms. The van der Waals surface area contributed by atoms with E-state index < -0.39 is 6.10 Å². The van der Waals surface area contributed by atoms with Crippen molar-refractivity contribution in [1.29, 1.82) is 0 Å². The van der Waals surface area contributed by atoms with E-state index in [0.29, 0.717) is 17.5 Å². The van der Waals surface area contributed by atoms with Crippen molar-refractivity contribution >= 4 is 11.6 Å². The lowest BCUT2D eigenvalue weighted by molar-refractivity contribution is 0.0133. The van der Waals surface area contributed by atoms with Gasteiger partial charge in [0.1, 0.15) is 18.7 Å². The third kappa shape index (κ3) is 3.98. The molecule has 3 aromatic rings. The molecule has 1 unspecified atom stereocenters. The monoisotopic (exact) mass is 333 g/mol. The quantitative estimate of drug-likeness (QED) is 0.719. The van der Waals surface area contributed by atoms with Crippen molar-refractivity contribution in [1.82, 2.24) is 14.8 Å². The maximum absolute atomic E-state index is 10.1. The smallest absolute Gasteiger partial charge is 0.159 e. The van der Waals surface area contributed by atoms with Crippen LogP contribution < -0.4 is 0 Å². The molecule has 3 rings (SSSR count). The van der Waals surface area contributed by atoms with Crippen LogP contribution in [0.4, 0.5) is 0 Å². The zero-order chi connectivity index (χ0) is 16.1. The van der Waals surface area contributed by atoms with Crippen LogP contribution in [0.5, 0.6) is 0 Å². The van der Waals surface area contributed by atoms with Crippen molar-refractivity contribution in [2.75, 3.05) is 6.61 Å². The molecule has 0 bridgehead atoms. The van der Waals surface area contributed by atoms with Crippen molar-refractivity contribution in [2.24, 2.45) is 0 Å². The third-order valence-corrected chi connectivity index (χ3v) is 3.58. The molecule has 1 atom stereocenters. The number of halogens is 1. The number of ether oxygens (including phenoxy) is 1. The average molecular weight is 334 g/mol. The molecular formula is C16H16ClN3O3. The molecule has 2 aromatic heterocycles. The number of nitrogens with zero attached hydrogens (tertiary/aromatic N) is 3. The summed E-state index contributed by atoms with van der Waals surface area (Å²) < 4.78 is 12.2. The number of furan rings is 1. The minimum Gasteiger partial charge on any atom is -0.467 e. The van der Waals surface area contributed by atoms with Gasteiger partial charge in [-0.2, -0.15) is 5.10 Å². The second kappa shape index (κ2) is 7.41. The Morgan fingerprint density at radius 3 is 2.91 bits per heavy atom. The number of benzene rings is 1. The number of aliphatic hydroxyl groups is 1. The summed E-state index contributed by atoms with van der Waals surface area (Å²) in [5.74, 6) is 1.33. The predicted molar refractivity (Wildman–Crippen MR) is 84.8 cm³/mol. The highest BCUT2D eigenvalue weighted by molar-refractivity contribution is 6.33. The Labute approximate surface area is 138 Å². The molecule has 0 fully saturated rings. The van der Waals surface area contributed by atoms with Gasteiger partial charge in [0, 0.05) is 5.56 Å². The molecule has 0 aliphatic heterocycles. The van der Waals surface area contributed by atoms with E-state index in [-0.39, 0.29) is 13.2 Å². The maximum Gasteiger partial charge on any atom is 0.159 e. The zero-order valence-electron chi connectivity index (χ0n) is 12.3. The van der Waals surface area contributed by atoms with Gasteiger partial charge in [-0.15, -0.1) is 0 Å². The van der Waals surface area contributed by atoms with Gasteiger partial charge in [-0.25, -0.2) is 9.67 Å². The van der Waals surface area contributed by atoms with Crippen molar-refractivity contribution in [3.63, 3.8) is 0 Å². The largest absolute Gasteiger partial charge is 0.467 e. The van der Waals surface area contributed by atoms with Crippen LogP contribution in [-0.2, 0) is 17.9 Å². The van der Waals surface area contributed by atoms with Crippen LogP contribution in [0, 0.1) is 0 Å². The minimum absolute atomic E-state index is 0.169. The van der Waals surface area contributed by atoms with E-state index in [1.54, 1.807) is 23.1 Å². The second-order valence-electron chi connectivity index (χ2n) is 4.99. The standard InChI is InChI=1S/C16H16ClN3O3/c17-15-6-2-1-5-14(15)16-18-11-19-20(16)8-12(21)9-22-10-13-4-3-7-23-13/h1-7,11-12,21H,8-10H2. The van der Waals surface area contributed by atoms with E-state index in [1.807, 2.05) is 24.3 Å². The molecule has 2 heterocycles. The molecule has 0 amide bonds. The SMILES string of the molecule is OC(COCc1ccco1)Cn1ncnc1-c1ccccc1Cl. The molecule has 0 saturated heterocycles. The Balaban J connectivity index is 1.60. The fourth-order valence-corrected chi connectivity index (χ4v) is 2.41. The first-order valence-electron chi connectivity index (χ1n) is 7.15. The summed E-state index contributed by atoms with van der Waals surface area (Å²) in [4.78, 5) is 4.22. The fourth-order valence-electron chi connectivity index (χ4n) is 2.19. The van der Waals surface area contributed by atoms with Gasteiger partial charge < -0.3 is 14.3 Å². The van der Waals surface area contributed by atoms with Crippen LogP contribution in [0.25, 0.3) is 11.4 Å². The summed E-state index contributed by atoms with van der Waals surface area (Å²) in [5.41, 5.74) is 0.773. The van der Waals surface area contributed by atoms with Crippen molar-refractivity contribution in [3.05, 3.63) is 59.8 Å². The summed E-state index contributed by atoms with van der Waals surface area (Å²) in [5, 5.41) is 14.8. The van der Waals surface area contributed by atoms with Crippen molar-refractivity contribution in [2.45, 2.75) is 19.3 Å². The molecule has 1 aromatic carbocycles. The first-order valence-corrected chi connectivity index (χ1v) is 7.52. The lowest BCUT2D eigenvalue weighted by atomic mass is 10.2. The zero-order valence-corrected chi connectivity index (χ0v) is 13.1. The maximum atomic E-state index is 10.1. The van der Waals surface area contributed by atoms with Crippen LogP contribution in [0.2, 0.25) is 5.02 Å². The number of rotatable bonds is 7. The molecule has 1 N–H and O–H groups in total. The highest BCUT2D eigenvalue weighted by Crippen LogP contribution is 2.25. The number of aromatic nitrogens is 3. The summed E-state index contributed by atoms with van der Waals surface area (Å²) in [6, 6.07) is 11.0. The molecule has 7 heteroatoms. The van der Waals surface area contributed by atoms with Crippen molar-refractivity contribution in [3.8, 4) is 11.4 Å². The third-order valence-electron chi connectivity index (χ3n) is 3.25. The summed E-state index contributed by atoms with van der Waals surface area (Å²) >= 11 is 6.19. The van der Waals surface area contributed by atoms with Crippen LogP contribution in [-0.4, -0.2) is 32.6 Å². The highest BCUT2D eigenvalue weighted by Gasteiger charge is 2.14. The lowest BCUT2D eigenvalue weighted by Crippen LogP contribution is -2.23. The Kier molecular flexibility index (Phi) is 5.07. The molecular weight excluding hydrogens is 318 g/mol. The molecule has 6 nitrogen and oxygen atoms in total. The lowest BCUT2D eigenvalue weighted by Gasteiger charge is -2.13. The molecule has 23 heavy (non-hydrogen) atoms.